The minimum Gasteiger partial charge on any atom is -0.336 e. The first-order chi connectivity index (χ1) is 13.1. The molecule has 138 valence electrons. The van der Waals surface area contributed by atoms with Gasteiger partial charge >= 0.3 is 0 Å². The lowest BCUT2D eigenvalue weighted by Crippen LogP contribution is -2.48. The highest BCUT2D eigenvalue weighted by molar-refractivity contribution is 6.31. The second-order valence-corrected chi connectivity index (χ2v) is 7.20. The van der Waals surface area contributed by atoms with Crippen LogP contribution in [0.3, 0.4) is 0 Å². The molecular weight excluding hydrogens is 363 g/mol. The number of benzene rings is 3. The molecule has 0 atom stereocenters. The number of fused-ring (bicyclic) bond motifs is 1. The van der Waals surface area contributed by atoms with Crippen LogP contribution in [0, 0.1) is 5.82 Å². The molecule has 1 amide bonds. The van der Waals surface area contributed by atoms with E-state index in [0.717, 1.165) is 16.3 Å². The second kappa shape index (κ2) is 7.67. The standard InChI is InChI=1S/C22H20ClFN2O/c23-20-9-4-10-21(24)19(20)15-25-11-13-26(14-12-25)22(27)18-8-3-6-16-5-1-2-7-17(16)18/h1-10H,11-15H2. The Hall–Kier alpha value is -2.43. The van der Waals surface area contributed by atoms with Crippen molar-refractivity contribution in [3.63, 3.8) is 0 Å². The zero-order valence-electron chi connectivity index (χ0n) is 14.9. The quantitative estimate of drug-likeness (QED) is 0.661. The molecule has 0 spiro atoms. The van der Waals surface area contributed by atoms with E-state index in [1.165, 1.54) is 6.07 Å². The third-order valence-electron chi connectivity index (χ3n) is 5.12. The molecule has 27 heavy (non-hydrogen) atoms. The van der Waals surface area contributed by atoms with E-state index in [1.54, 1.807) is 12.1 Å². The molecule has 1 aliphatic rings. The smallest absolute Gasteiger partial charge is 0.254 e. The highest BCUT2D eigenvalue weighted by Gasteiger charge is 2.24. The Morgan fingerprint density at radius 2 is 1.63 bits per heavy atom. The summed E-state index contributed by atoms with van der Waals surface area (Å²) in [5.74, 6) is -0.230. The number of carbonyl (C=O) groups excluding carboxylic acids is 1. The van der Waals surface area contributed by atoms with Gasteiger partial charge in [-0.3, -0.25) is 9.69 Å². The molecular formula is C22H20ClFN2O. The largest absolute Gasteiger partial charge is 0.336 e. The van der Waals surface area contributed by atoms with Crippen LogP contribution in [0.15, 0.2) is 60.7 Å². The Balaban J connectivity index is 1.45. The maximum Gasteiger partial charge on any atom is 0.254 e. The maximum absolute atomic E-state index is 14.0. The molecule has 0 aliphatic carbocycles. The minimum absolute atomic E-state index is 0.0513. The topological polar surface area (TPSA) is 23.6 Å². The van der Waals surface area contributed by atoms with E-state index in [4.69, 9.17) is 11.6 Å². The van der Waals surface area contributed by atoms with Gasteiger partial charge in [-0.25, -0.2) is 4.39 Å². The molecule has 0 aromatic heterocycles. The first-order valence-corrected chi connectivity index (χ1v) is 9.43. The van der Waals surface area contributed by atoms with Crippen molar-refractivity contribution in [2.75, 3.05) is 26.2 Å². The summed E-state index contributed by atoms with van der Waals surface area (Å²) in [5, 5.41) is 2.49. The fourth-order valence-corrected chi connectivity index (χ4v) is 3.82. The molecule has 1 aliphatic heterocycles. The molecule has 5 heteroatoms. The maximum atomic E-state index is 14.0. The Labute approximate surface area is 163 Å². The Kier molecular flexibility index (Phi) is 5.10. The Morgan fingerprint density at radius 1 is 0.926 bits per heavy atom. The molecule has 0 N–H and O–H groups in total. The Morgan fingerprint density at radius 3 is 2.41 bits per heavy atom. The summed E-state index contributed by atoms with van der Waals surface area (Å²) in [7, 11) is 0. The summed E-state index contributed by atoms with van der Waals surface area (Å²) in [5.41, 5.74) is 1.26. The van der Waals surface area contributed by atoms with Gasteiger partial charge in [0.25, 0.3) is 5.91 Å². The predicted octanol–water partition coefficient (Wildman–Crippen LogP) is 4.59. The van der Waals surface area contributed by atoms with Crippen LogP contribution < -0.4 is 0 Å². The van der Waals surface area contributed by atoms with Gasteiger partial charge in [0.05, 0.1) is 0 Å². The summed E-state index contributed by atoms with van der Waals surface area (Å²) in [4.78, 5) is 17.0. The number of rotatable bonds is 3. The predicted molar refractivity (Wildman–Crippen MR) is 107 cm³/mol. The molecule has 0 bridgehead atoms. The van der Waals surface area contributed by atoms with Gasteiger partial charge in [0.15, 0.2) is 0 Å². The zero-order valence-corrected chi connectivity index (χ0v) is 15.6. The molecule has 3 nitrogen and oxygen atoms in total. The number of halogens is 2. The number of hydrogen-bond acceptors (Lipinski definition) is 2. The van der Waals surface area contributed by atoms with Crippen molar-refractivity contribution in [1.82, 2.24) is 9.80 Å². The second-order valence-electron chi connectivity index (χ2n) is 6.80. The summed E-state index contributed by atoms with van der Waals surface area (Å²) in [6.45, 7) is 3.09. The normalized spacial score (nSPS) is 15.3. The SMILES string of the molecule is O=C(c1cccc2ccccc12)N1CCN(Cc2c(F)cccc2Cl)CC1. The van der Waals surface area contributed by atoms with Crippen molar-refractivity contribution in [2.45, 2.75) is 6.54 Å². The third-order valence-corrected chi connectivity index (χ3v) is 5.48. The van der Waals surface area contributed by atoms with Gasteiger partial charge in [-0.15, -0.1) is 0 Å². The summed E-state index contributed by atoms with van der Waals surface area (Å²) >= 11 is 6.13. The first-order valence-electron chi connectivity index (χ1n) is 9.06. The highest BCUT2D eigenvalue weighted by Crippen LogP contribution is 2.23. The summed E-state index contributed by atoms with van der Waals surface area (Å²) in [6, 6.07) is 18.5. The van der Waals surface area contributed by atoms with Crippen molar-refractivity contribution in [3.8, 4) is 0 Å². The molecule has 0 saturated carbocycles. The van der Waals surface area contributed by atoms with Crippen LogP contribution in [0.1, 0.15) is 15.9 Å². The molecule has 1 saturated heterocycles. The van der Waals surface area contributed by atoms with Crippen molar-refractivity contribution < 1.29 is 9.18 Å². The minimum atomic E-state index is -0.281. The van der Waals surface area contributed by atoms with Crippen LogP contribution in [0.5, 0.6) is 0 Å². The lowest BCUT2D eigenvalue weighted by Gasteiger charge is -2.35. The zero-order chi connectivity index (χ0) is 18.8. The van der Waals surface area contributed by atoms with Gasteiger partial charge in [-0.05, 0) is 29.0 Å². The molecule has 1 fully saturated rings. The summed E-state index contributed by atoms with van der Waals surface area (Å²) in [6.07, 6.45) is 0. The van der Waals surface area contributed by atoms with Crippen LogP contribution in [0.2, 0.25) is 5.02 Å². The van der Waals surface area contributed by atoms with Crippen molar-refractivity contribution in [3.05, 3.63) is 82.6 Å². The van der Waals surface area contributed by atoms with Gasteiger partial charge in [0.1, 0.15) is 5.82 Å². The average Bonchev–Trinajstić information content (AvgIpc) is 2.70. The number of amides is 1. The van der Waals surface area contributed by atoms with Crippen LogP contribution in [-0.2, 0) is 6.54 Å². The Bertz CT molecular complexity index is 957. The van der Waals surface area contributed by atoms with Crippen LogP contribution in [0.25, 0.3) is 10.8 Å². The van der Waals surface area contributed by atoms with E-state index >= 15 is 0 Å². The van der Waals surface area contributed by atoms with Crippen molar-refractivity contribution in [2.24, 2.45) is 0 Å². The van der Waals surface area contributed by atoms with Crippen LogP contribution in [-0.4, -0.2) is 41.9 Å². The van der Waals surface area contributed by atoms with E-state index in [2.05, 4.69) is 4.90 Å². The fourth-order valence-electron chi connectivity index (χ4n) is 3.60. The third kappa shape index (κ3) is 3.68. The van der Waals surface area contributed by atoms with E-state index in [9.17, 15) is 9.18 Å². The van der Waals surface area contributed by atoms with Crippen molar-refractivity contribution >= 4 is 28.3 Å². The van der Waals surface area contributed by atoms with Gasteiger partial charge in [0, 0.05) is 48.9 Å². The molecule has 3 aromatic carbocycles. The van der Waals surface area contributed by atoms with E-state index < -0.39 is 0 Å². The summed E-state index contributed by atoms with van der Waals surface area (Å²) < 4.78 is 14.0. The lowest BCUT2D eigenvalue weighted by atomic mass is 10.0. The first kappa shape index (κ1) is 18.0. The van der Waals surface area contributed by atoms with Gasteiger partial charge < -0.3 is 4.90 Å². The highest BCUT2D eigenvalue weighted by atomic mass is 35.5. The van der Waals surface area contributed by atoms with Crippen LogP contribution >= 0.6 is 11.6 Å². The lowest BCUT2D eigenvalue weighted by molar-refractivity contribution is 0.0629. The fraction of sp³-hybridized carbons (Fsp3) is 0.227. The number of hydrogen-bond donors (Lipinski definition) is 0. The molecule has 4 rings (SSSR count). The number of carbonyl (C=O) groups is 1. The van der Waals surface area contributed by atoms with E-state index in [0.29, 0.717) is 43.3 Å². The van der Waals surface area contributed by atoms with E-state index in [-0.39, 0.29) is 11.7 Å². The molecule has 0 unspecified atom stereocenters. The van der Waals surface area contributed by atoms with Crippen LogP contribution in [0.4, 0.5) is 4.39 Å². The molecule has 0 radical (unpaired) electrons. The molecule has 3 aromatic rings. The number of nitrogens with zero attached hydrogens (tertiary/aromatic N) is 2. The van der Waals surface area contributed by atoms with Crippen molar-refractivity contribution in [1.29, 1.82) is 0 Å². The van der Waals surface area contributed by atoms with Gasteiger partial charge in [-0.1, -0.05) is 54.1 Å². The van der Waals surface area contributed by atoms with Gasteiger partial charge in [0.2, 0.25) is 0 Å². The number of piperazine rings is 1. The van der Waals surface area contributed by atoms with Gasteiger partial charge in [-0.2, -0.15) is 0 Å². The monoisotopic (exact) mass is 382 g/mol. The average molecular weight is 383 g/mol. The molecule has 1 heterocycles. The van der Waals surface area contributed by atoms with E-state index in [1.807, 2.05) is 47.4 Å².